The number of anilines is 3. The van der Waals surface area contributed by atoms with Gasteiger partial charge in [-0.1, -0.05) is 18.2 Å². The summed E-state index contributed by atoms with van der Waals surface area (Å²) in [4.78, 5) is 24.4. The van der Waals surface area contributed by atoms with Crippen LogP contribution in [0.5, 0.6) is 0 Å². The van der Waals surface area contributed by atoms with E-state index >= 15 is 0 Å². The second-order valence-corrected chi connectivity index (χ2v) is 7.03. The fourth-order valence-corrected chi connectivity index (χ4v) is 3.44. The normalized spacial score (nSPS) is 12.3. The van der Waals surface area contributed by atoms with E-state index in [-0.39, 0.29) is 30.9 Å². The molecule has 0 saturated carbocycles. The summed E-state index contributed by atoms with van der Waals surface area (Å²) in [6.07, 6.45) is 4.40. The smallest absolute Gasteiger partial charge is 0.323 e. The molecule has 0 unspecified atom stereocenters. The van der Waals surface area contributed by atoms with Crippen LogP contribution in [0.1, 0.15) is 24.0 Å². The van der Waals surface area contributed by atoms with Gasteiger partial charge < -0.3 is 26.0 Å². The molecule has 0 atom stereocenters. The third-order valence-corrected chi connectivity index (χ3v) is 4.82. The minimum absolute atomic E-state index is 0. The number of urea groups is 1. The van der Waals surface area contributed by atoms with Gasteiger partial charge in [0, 0.05) is 30.7 Å². The van der Waals surface area contributed by atoms with Crippen LogP contribution < -0.4 is 21.3 Å². The van der Waals surface area contributed by atoms with Crippen LogP contribution in [0, 0.1) is 0 Å². The summed E-state index contributed by atoms with van der Waals surface area (Å²) in [6, 6.07) is 12.8. The maximum atomic E-state index is 12.5. The zero-order valence-corrected chi connectivity index (χ0v) is 17.9. The van der Waals surface area contributed by atoms with E-state index < -0.39 is 0 Å². The number of halogens is 1. The highest BCUT2D eigenvalue weighted by molar-refractivity contribution is 6.01. The number of carbonyl (C=O) groups excluding carboxylic acids is 2. The molecule has 0 aromatic heterocycles. The summed E-state index contributed by atoms with van der Waals surface area (Å²) in [5, 5.41) is 11.6. The molecule has 0 fully saturated rings. The Balaban J connectivity index is 0.00000320. The molecule has 4 N–H and O–H groups in total. The summed E-state index contributed by atoms with van der Waals surface area (Å²) in [6.45, 7) is 1.35. The Labute approximate surface area is 183 Å². The Morgan fingerprint density at radius 3 is 2.50 bits per heavy atom. The van der Waals surface area contributed by atoms with E-state index in [1.54, 1.807) is 31.4 Å². The van der Waals surface area contributed by atoms with Crippen LogP contribution in [-0.2, 0) is 22.4 Å². The van der Waals surface area contributed by atoms with Crippen LogP contribution >= 0.6 is 12.4 Å². The molecule has 1 aliphatic carbocycles. The van der Waals surface area contributed by atoms with Gasteiger partial charge in [-0.3, -0.25) is 4.79 Å². The highest BCUT2D eigenvalue weighted by atomic mass is 35.5. The number of hydrogen-bond acceptors (Lipinski definition) is 4. The summed E-state index contributed by atoms with van der Waals surface area (Å²) < 4.78 is 4.93. The van der Waals surface area contributed by atoms with Crippen molar-refractivity contribution in [1.29, 1.82) is 0 Å². The lowest BCUT2D eigenvalue weighted by Gasteiger charge is -2.19. The standard InChI is InChI=1S/C22H28N4O3.ClH/c1-29-13-12-23-15-21(27)24-17-8-5-9-18(14-17)25-22(28)26-20-11-4-7-16-6-2-3-10-19(16)20;/h4-5,7-9,11,14,23H,2-3,6,10,12-13,15H2,1H3,(H,24,27)(H2,25,26,28);1H. The lowest BCUT2D eigenvalue weighted by atomic mass is 9.90. The molecule has 0 spiro atoms. The monoisotopic (exact) mass is 432 g/mol. The van der Waals surface area contributed by atoms with Gasteiger partial charge in [-0.2, -0.15) is 0 Å². The Bertz CT molecular complexity index is 860. The Morgan fingerprint density at radius 2 is 1.70 bits per heavy atom. The maximum absolute atomic E-state index is 12.5. The van der Waals surface area contributed by atoms with Gasteiger partial charge in [0.05, 0.1) is 13.2 Å². The number of methoxy groups -OCH3 is 1. The summed E-state index contributed by atoms with van der Waals surface area (Å²) in [5.74, 6) is -0.154. The highest BCUT2D eigenvalue weighted by Gasteiger charge is 2.14. The third-order valence-electron chi connectivity index (χ3n) is 4.82. The zero-order valence-electron chi connectivity index (χ0n) is 17.1. The van der Waals surface area contributed by atoms with Gasteiger partial charge in [0.25, 0.3) is 0 Å². The topological polar surface area (TPSA) is 91.5 Å². The number of rotatable bonds is 8. The molecule has 162 valence electrons. The average molecular weight is 433 g/mol. The van der Waals surface area contributed by atoms with Crippen molar-refractivity contribution in [2.75, 3.05) is 42.8 Å². The fourth-order valence-electron chi connectivity index (χ4n) is 3.44. The summed E-state index contributed by atoms with van der Waals surface area (Å²) in [5.41, 5.74) is 4.65. The molecule has 2 aromatic rings. The van der Waals surface area contributed by atoms with Crippen LogP contribution in [0.3, 0.4) is 0 Å². The minimum atomic E-state index is -0.298. The SMILES string of the molecule is COCCNCC(=O)Nc1cccc(NC(=O)Nc2cccc3c2CCCC3)c1.Cl. The van der Waals surface area contributed by atoms with E-state index in [0.29, 0.717) is 24.5 Å². The molecule has 3 amide bonds. The van der Waals surface area contributed by atoms with Gasteiger partial charge in [-0.05, 0) is 61.1 Å². The maximum Gasteiger partial charge on any atom is 0.323 e. The molecule has 2 aromatic carbocycles. The largest absolute Gasteiger partial charge is 0.383 e. The Kier molecular flexibility index (Phi) is 9.60. The van der Waals surface area contributed by atoms with Gasteiger partial charge in [0.2, 0.25) is 5.91 Å². The van der Waals surface area contributed by atoms with Crippen molar-refractivity contribution in [3.63, 3.8) is 0 Å². The Hall–Kier alpha value is -2.61. The van der Waals surface area contributed by atoms with Crippen LogP contribution in [0.15, 0.2) is 42.5 Å². The summed E-state index contributed by atoms with van der Waals surface area (Å²) in [7, 11) is 1.61. The molecule has 8 heteroatoms. The van der Waals surface area contributed by atoms with Gasteiger partial charge in [0.1, 0.15) is 0 Å². The predicted octanol–water partition coefficient (Wildman–Crippen LogP) is 3.81. The molecule has 1 aliphatic rings. The zero-order chi connectivity index (χ0) is 20.5. The molecule has 0 heterocycles. The van der Waals surface area contributed by atoms with Crippen LogP contribution in [0.25, 0.3) is 0 Å². The minimum Gasteiger partial charge on any atom is -0.383 e. The fraction of sp³-hybridized carbons (Fsp3) is 0.364. The molecule has 3 rings (SSSR count). The number of fused-ring (bicyclic) bond motifs is 1. The number of carbonyl (C=O) groups is 2. The summed E-state index contributed by atoms with van der Waals surface area (Å²) >= 11 is 0. The number of benzene rings is 2. The first-order valence-corrected chi connectivity index (χ1v) is 9.94. The van der Waals surface area contributed by atoms with E-state index in [4.69, 9.17) is 4.74 Å². The second-order valence-electron chi connectivity index (χ2n) is 7.03. The van der Waals surface area contributed by atoms with Gasteiger partial charge in [-0.25, -0.2) is 4.79 Å². The van der Waals surface area contributed by atoms with Crippen molar-refractivity contribution in [2.24, 2.45) is 0 Å². The Morgan fingerprint density at radius 1 is 0.967 bits per heavy atom. The van der Waals surface area contributed by atoms with Crippen molar-refractivity contribution in [3.8, 4) is 0 Å². The first-order chi connectivity index (χ1) is 14.2. The molecular formula is C22H29ClN4O3. The first-order valence-electron chi connectivity index (χ1n) is 9.94. The number of nitrogens with one attached hydrogen (secondary N) is 4. The van der Waals surface area contributed by atoms with E-state index in [0.717, 1.165) is 24.9 Å². The van der Waals surface area contributed by atoms with Crippen LogP contribution in [-0.4, -0.2) is 38.7 Å². The number of aryl methyl sites for hydroxylation is 1. The molecule has 0 radical (unpaired) electrons. The lowest BCUT2D eigenvalue weighted by Crippen LogP contribution is -2.30. The molecule has 0 saturated heterocycles. The quantitative estimate of drug-likeness (QED) is 0.477. The van der Waals surface area contributed by atoms with Gasteiger partial charge in [0.15, 0.2) is 0 Å². The van der Waals surface area contributed by atoms with Crippen LogP contribution in [0.2, 0.25) is 0 Å². The molecule has 0 aliphatic heterocycles. The molecule has 7 nitrogen and oxygen atoms in total. The van der Waals surface area contributed by atoms with E-state index in [1.807, 2.05) is 12.1 Å². The third kappa shape index (κ3) is 7.02. The predicted molar refractivity (Wildman–Crippen MR) is 123 cm³/mol. The van der Waals surface area contributed by atoms with Gasteiger partial charge in [-0.15, -0.1) is 12.4 Å². The molecular weight excluding hydrogens is 404 g/mol. The number of hydrogen-bond donors (Lipinski definition) is 4. The lowest BCUT2D eigenvalue weighted by molar-refractivity contribution is -0.115. The first kappa shape index (κ1) is 23.7. The van der Waals surface area contributed by atoms with E-state index in [9.17, 15) is 9.59 Å². The van der Waals surface area contributed by atoms with Crippen LogP contribution in [0.4, 0.5) is 21.9 Å². The number of amides is 3. The van der Waals surface area contributed by atoms with E-state index in [2.05, 4.69) is 27.3 Å². The van der Waals surface area contributed by atoms with Crippen molar-refractivity contribution in [1.82, 2.24) is 5.32 Å². The highest BCUT2D eigenvalue weighted by Crippen LogP contribution is 2.28. The van der Waals surface area contributed by atoms with Crippen molar-refractivity contribution >= 4 is 41.4 Å². The van der Waals surface area contributed by atoms with Crippen molar-refractivity contribution < 1.29 is 14.3 Å². The molecule has 0 bridgehead atoms. The van der Waals surface area contributed by atoms with E-state index in [1.165, 1.54) is 17.5 Å². The number of ether oxygens (including phenoxy) is 1. The van der Waals surface area contributed by atoms with Gasteiger partial charge >= 0.3 is 6.03 Å². The van der Waals surface area contributed by atoms with Crippen molar-refractivity contribution in [2.45, 2.75) is 25.7 Å². The van der Waals surface area contributed by atoms with Crippen molar-refractivity contribution in [3.05, 3.63) is 53.6 Å². The molecule has 30 heavy (non-hydrogen) atoms. The average Bonchev–Trinajstić information content (AvgIpc) is 2.72. The second kappa shape index (κ2) is 12.2.